The molecule has 3 aromatic rings. The van der Waals surface area contributed by atoms with Gasteiger partial charge in [-0.25, -0.2) is 4.90 Å². The summed E-state index contributed by atoms with van der Waals surface area (Å²) in [4.78, 5) is 36.2. The molecule has 1 atom stereocenters. The second kappa shape index (κ2) is 7.36. The van der Waals surface area contributed by atoms with E-state index >= 15 is 0 Å². The van der Waals surface area contributed by atoms with E-state index in [1.165, 1.54) is 30.3 Å². The zero-order valence-electron chi connectivity index (χ0n) is 14.6. The van der Waals surface area contributed by atoms with Crippen LogP contribution in [0.2, 0.25) is 0 Å². The normalized spacial score (nSPS) is 16.4. The molecule has 1 fully saturated rings. The van der Waals surface area contributed by atoms with Crippen molar-refractivity contribution < 1.29 is 24.0 Å². The van der Waals surface area contributed by atoms with Crippen molar-refractivity contribution in [2.45, 2.75) is 16.9 Å². The van der Waals surface area contributed by atoms with E-state index in [4.69, 9.17) is 4.42 Å². The minimum absolute atomic E-state index is 0.0239. The number of thioether (sulfide) groups is 1. The quantitative estimate of drug-likeness (QED) is 0.380. The summed E-state index contributed by atoms with van der Waals surface area (Å²) in [6.07, 6.45) is -0.0746. The van der Waals surface area contributed by atoms with Crippen LogP contribution < -0.4 is 4.90 Å². The SMILES string of the molecule is O=C1CC(Sc2nnc(-c3ccccc3O)o2)C(=O)N1c1ccc([N+](=O)[O-])cc1. The molecule has 1 aromatic heterocycles. The molecule has 1 aliphatic rings. The minimum atomic E-state index is -0.768. The number of phenolic OH excluding ortho intramolecular Hbond substituents is 1. The van der Waals surface area contributed by atoms with Crippen molar-refractivity contribution in [1.82, 2.24) is 10.2 Å². The van der Waals surface area contributed by atoms with Gasteiger partial charge in [0.2, 0.25) is 11.8 Å². The van der Waals surface area contributed by atoms with Crippen LogP contribution in [0.5, 0.6) is 5.75 Å². The lowest BCUT2D eigenvalue weighted by Gasteiger charge is -2.14. The van der Waals surface area contributed by atoms with Gasteiger partial charge in [0.15, 0.2) is 0 Å². The molecule has 0 bridgehead atoms. The topological polar surface area (TPSA) is 140 Å². The molecule has 0 saturated carbocycles. The Morgan fingerprint density at radius 3 is 2.55 bits per heavy atom. The van der Waals surface area contributed by atoms with Gasteiger partial charge >= 0.3 is 0 Å². The number of hydrogen-bond acceptors (Lipinski definition) is 9. The number of hydrogen-bond donors (Lipinski definition) is 1. The van der Waals surface area contributed by atoms with Crippen molar-refractivity contribution in [2.75, 3.05) is 4.90 Å². The minimum Gasteiger partial charge on any atom is -0.507 e. The number of nitro benzene ring substituents is 1. The average molecular weight is 412 g/mol. The molecule has 2 aromatic carbocycles. The van der Waals surface area contributed by atoms with Crippen molar-refractivity contribution in [3.05, 3.63) is 58.6 Å². The monoisotopic (exact) mass is 412 g/mol. The highest BCUT2D eigenvalue weighted by Gasteiger charge is 2.41. The van der Waals surface area contributed by atoms with E-state index < -0.39 is 22.0 Å². The van der Waals surface area contributed by atoms with E-state index in [0.29, 0.717) is 5.56 Å². The number of aromatic nitrogens is 2. The van der Waals surface area contributed by atoms with Crippen LogP contribution in [0.1, 0.15) is 6.42 Å². The van der Waals surface area contributed by atoms with Gasteiger partial charge in [-0.2, -0.15) is 0 Å². The first-order valence-electron chi connectivity index (χ1n) is 8.34. The Balaban J connectivity index is 1.51. The lowest BCUT2D eigenvalue weighted by Crippen LogP contribution is -2.31. The summed E-state index contributed by atoms with van der Waals surface area (Å²) < 4.78 is 5.50. The van der Waals surface area contributed by atoms with Gasteiger partial charge in [-0.15, -0.1) is 10.2 Å². The van der Waals surface area contributed by atoms with E-state index in [1.54, 1.807) is 18.2 Å². The summed E-state index contributed by atoms with van der Waals surface area (Å²) in [5.41, 5.74) is 0.476. The molecule has 0 spiro atoms. The van der Waals surface area contributed by atoms with Gasteiger partial charge in [0.25, 0.3) is 16.8 Å². The average Bonchev–Trinajstić information content (AvgIpc) is 3.27. The molecular weight excluding hydrogens is 400 g/mol. The number of imide groups is 1. The Hall–Kier alpha value is -3.73. The van der Waals surface area contributed by atoms with Crippen molar-refractivity contribution in [2.24, 2.45) is 0 Å². The lowest BCUT2D eigenvalue weighted by molar-refractivity contribution is -0.384. The van der Waals surface area contributed by atoms with Crippen molar-refractivity contribution in [3.8, 4) is 17.2 Å². The summed E-state index contributed by atoms with van der Waals surface area (Å²) >= 11 is 0.949. The number of non-ortho nitro benzene ring substituents is 1. The van der Waals surface area contributed by atoms with Gasteiger partial charge in [0.05, 0.1) is 16.2 Å². The molecule has 0 aliphatic carbocycles. The zero-order valence-corrected chi connectivity index (χ0v) is 15.4. The summed E-state index contributed by atoms with van der Waals surface area (Å²) in [6.45, 7) is 0. The first-order chi connectivity index (χ1) is 13.9. The number of nitrogens with zero attached hydrogens (tertiary/aromatic N) is 4. The van der Waals surface area contributed by atoms with Crippen LogP contribution in [0.4, 0.5) is 11.4 Å². The molecule has 1 unspecified atom stereocenters. The number of carbonyl (C=O) groups excluding carboxylic acids is 2. The van der Waals surface area contributed by atoms with Gasteiger partial charge in [-0.3, -0.25) is 19.7 Å². The first-order valence-corrected chi connectivity index (χ1v) is 9.22. The molecule has 1 saturated heterocycles. The second-order valence-electron chi connectivity index (χ2n) is 6.04. The lowest BCUT2D eigenvalue weighted by atomic mass is 10.2. The molecule has 29 heavy (non-hydrogen) atoms. The predicted octanol–water partition coefficient (Wildman–Crippen LogP) is 2.77. The number of para-hydroxylation sites is 1. The number of phenols is 1. The molecule has 146 valence electrons. The van der Waals surface area contributed by atoms with Gasteiger partial charge in [-0.1, -0.05) is 23.9 Å². The fourth-order valence-electron chi connectivity index (χ4n) is 2.83. The smallest absolute Gasteiger partial charge is 0.277 e. The Morgan fingerprint density at radius 2 is 1.86 bits per heavy atom. The van der Waals surface area contributed by atoms with Crippen LogP contribution >= 0.6 is 11.8 Å². The Labute approximate surface area is 167 Å². The summed E-state index contributed by atoms with van der Waals surface area (Å²) in [5.74, 6) is -0.836. The predicted molar refractivity (Wildman–Crippen MR) is 101 cm³/mol. The van der Waals surface area contributed by atoms with Gasteiger partial charge in [0.1, 0.15) is 11.0 Å². The Kier molecular flexibility index (Phi) is 4.72. The van der Waals surface area contributed by atoms with Gasteiger partial charge in [-0.05, 0) is 24.3 Å². The number of nitro groups is 1. The molecule has 0 radical (unpaired) electrons. The van der Waals surface area contributed by atoms with Crippen LogP contribution in [0.3, 0.4) is 0 Å². The molecule has 11 heteroatoms. The fourth-order valence-corrected chi connectivity index (χ4v) is 3.72. The number of anilines is 1. The number of aromatic hydroxyl groups is 1. The summed E-state index contributed by atoms with van der Waals surface area (Å²) in [5, 5.41) is 27.7. The van der Waals surface area contributed by atoms with Crippen LogP contribution in [-0.2, 0) is 9.59 Å². The van der Waals surface area contributed by atoms with E-state index in [2.05, 4.69) is 10.2 Å². The van der Waals surface area contributed by atoms with Crippen LogP contribution in [0.25, 0.3) is 11.5 Å². The molecule has 2 amide bonds. The van der Waals surface area contributed by atoms with Crippen molar-refractivity contribution in [1.29, 1.82) is 0 Å². The third-order valence-corrected chi connectivity index (χ3v) is 5.23. The van der Waals surface area contributed by atoms with E-state index in [1.807, 2.05) is 0 Å². The molecular formula is C18H12N4O6S. The number of carbonyl (C=O) groups is 2. The highest BCUT2D eigenvalue weighted by molar-refractivity contribution is 8.00. The summed E-state index contributed by atoms with van der Waals surface area (Å²) in [6, 6.07) is 11.6. The first kappa shape index (κ1) is 18.6. The highest BCUT2D eigenvalue weighted by Crippen LogP contribution is 2.36. The van der Waals surface area contributed by atoms with Gasteiger partial charge < -0.3 is 9.52 Å². The largest absolute Gasteiger partial charge is 0.507 e. The van der Waals surface area contributed by atoms with Crippen molar-refractivity contribution >= 4 is 35.0 Å². The second-order valence-corrected chi connectivity index (χ2v) is 7.20. The van der Waals surface area contributed by atoms with E-state index in [-0.39, 0.29) is 34.7 Å². The Bertz CT molecular complexity index is 1110. The van der Waals surface area contributed by atoms with Crippen LogP contribution in [-0.4, -0.2) is 37.3 Å². The van der Waals surface area contributed by atoms with E-state index in [0.717, 1.165) is 16.7 Å². The number of amides is 2. The summed E-state index contributed by atoms with van der Waals surface area (Å²) in [7, 11) is 0. The third kappa shape index (κ3) is 3.55. The van der Waals surface area contributed by atoms with Crippen LogP contribution in [0, 0.1) is 10.1 Å². The maximum Gasteiger partial charge on any atom is 0.277 e. The molecule has 1 aliphatic heterocycles. The molecule has 2 heterocycles. The molecule has 4 rings (SSSR count). The van der Waals surface area contributed by atoms with Gasteiger partial charge in [0, 0.05) is 18.6 Å². The van der Waals surface area contributed by atoms with Crippen molar-refractivity contribution in [3.63, 3.8) is 0 Å². The maximum atomic E-state index is 12.7. The Morgan fingerprint density at radius 1 is 1.14 bits per heavy atom. The molecule has 1 N–H and O–H groups in total. The molecule has 10 nitrogen and oxygen atoms in total. The van der Waals surface area contributed by atoms with Crippen LogP contribution in [0.15, 0.2) is 58.2 Å². The standard InChI is InChI=1S/C18H12N4O6S/c23-13-4-2-1-3-12(13)16-19-20-18(28-16)29-14-9-15(24)21(17(14)25)10-5-7-11(8-6-10)22(26)27/h1-8,14,23H,9H2. The third-order valence-electron chi connectivity index (χ3n) is 4.21. The maximum absolute atomic E-state index is 12.7. The number of rotatable bonds is 5. The van der Waals surface area contributed by atoms with E-state index in [9.17, 15) is 24.8 Å². The number of benzene rings is 2. The zero-order chi connectivity index (χ0) is 20.5. The highest BCUT2D eigenvalue weighted by atomic mass is 32.2. The fraction of sp³-hybridized carbons (Fsp3) is 0.111.